The molecule has 0 aliphatic heterocycles. The van der Waals surface area contributed by atoms with Crippen LogP contribution in [0.5, 0.6) is 0 Å². The monoisotopic (exact) mass is 464 g/mol. The van der Waals surface area contributed by atoms with Gasteiger partial charge in [-0.15, -0.1) is 22.7 Å². The number of nitrogens with zero attached hydrogens (tertiary/aromatic N) is 1. The minimum Gasteiger partial charge on any atom is -0.455 e. The molecular weight excluding hydrogens is 452 g/mol. The quantitative estimate of drug-likeness (QED) is 0.415. The van der Waals surface area contributed by atoms with Gasteiger partial charge < -0.3 is 4.42 Å². The number of hydrogen-bond donors (Lipinski definition) is 1. The third-order valence-electron chi connectivity index (χ3n) is 3.87. The lowest BCUT2D eigenvalue weighted by atomic mass is 10.4. The summed E-state index contributed by atoms with van der Waals surface area (Å²) in [5.74, 6) is -0.630. The lowest BCUT2D eigenvalue weighted by Crippen LogP contribution is -2.10. The van der Waals surface area contributed by atoms with Gasteiger partial charge in [-0.05, 0) is 36.4 Å². The Hall–Kier alpha value is -2.46. The van der Waals surface area contributed by atoms with Crippen LogP contribution in [-0.4, -0.2) is 19.3 Å². The van der Waals surface area contributed by atoms with Crippen LogP contribution in [0.2, 0.25) is 4.34 Å². The zero-order valence-corrected chi connectivity index (χ0v) is 17.9. The Labute approximate surface area is 179 Å². The number of carbonyl (C=O) groups excluding carboxylic acids is 1. The van der Waals surface area contributed by atoms with Crippen molar-refractivity contribution < 1.29 is 17.6 Å². The first kappa shape index (κ1) is 19.8. The summed E-state index contributed by atoms with van der Waals surface area (Å²) in [6.45, 7) is 0. The number of benzene rings is 1. The third kappa shape index (κ3) is 4.59. The first-order chi connectivity index (χ1) is 13.9. The SMILES string of the molecule is O=C(Nc1nc(-c2ccc(Cl)s2)cs1)c1ccc(CS(=O)(=O)c2ccccc2)o1. The second kappa shape index (κ2) is 8.11. The standard InChI is InChI=1S/C19H13ClN2O4S3/c20-17-9-8-16(28-17)14-10-27-19(21-14)22-18(23)15-7-6-12(26-15)11-29(24,25)13-4-2-1-3-5-13/h1-10H,11H2,(H,21,22,23). The predicted octanol–water partition coefficient (Wildman–Crippen LogP) is 5.34. The fourth-order valence-electron chi connectivity index (χ4n) is 2.53. The van der Waals surface area contributed by atoms with Crippen LogP contribution in [0.25, 0.3) is 10.6 Å². The topological polar surface area (TPSA) is 89.3 Å². The van der Waals surface area contributed by atoms with Gasteiger partial charge in [-0.2, -0.15) is 0 Å². The number of hydrogen-bond acceptors (Lipinski definition) is 7. The van der Waals surface area contributed by atoms with Crippen LogP contribution >= 0.6 is 34.3 Å². The van der Waals surface area contributed by atoms with Gasteiger partial charge in [-0.1, -0.05) is 29.8 Å². The van der Waals surface area contributed by atoms with E-state index in [0.29, 0.717) is 9.47 Å². The maximum atomic E-state index is 12.4. The number of thiazole rings is 1. The van der Waals surface area contributed by atoms with E-state index in [1.54, 1.807) is 24.3 Å². The molecule has 0 fully saturated rings. The maximum Gasteiger partial charge on any atom is 0.293 e. The van der Waals surface area contributed by atoms with Gasteiger partial charge >= 0.3 is 0 Å². The van der Waals surface area contributed by atoms with Crippen molar-refractivity contribution >= 4 is 55.2 Å². The van der Waals surface area contributed by atoms with E-state index in [4.69, 9.17) is 16.0 Å². The van der Waals surface area contributed by atoms with E-state index < -0.39 is 15.7 Å². The first-order valence-electron chi connectivity index (χ1n) is 8.30. The molecular formula is C19H13ClN2O4S3. The summed E-state index contributed by atoms with van der Waals surface area (Å²) >= 11 is 8.61. The minimum atomic E-state index is -3.56. The van der Waals surface area contributed by atoms with Gasteiger partial charge in [0, 0.05) is 5.38 Å². The van der Waals surface area contributed by atoms with Crippen molar-refractivity contribution in [3.63, 3.8) is 0 Å². The van der Waals surface area contributed by atoms with Crippen molar-refractivity contribution in [2.75, 3.05) is 5.32 Å². The molecule has 1 amide bonds. The highest BCUT2D eigenvalue weighted by Crippen LogP contribution is 2.33. The molecule has 0 aliphatic carbocycles. The summed E-state index contributed by atoms with van der Waals surface area (Å²) in [6.07, 6.45) is 0. The van der Waals surface area contributed by atoms with Gasteiger partial charge in [-0.25, -0.2) is 13.4 Å². The van der Waals surface area contributed by atoms with Crippen LogP contribution in [0, 0.1) is 0 Å². The molecule has 0 atom stereocenters. The van der Waals surface area contributed by atoms with Crippen LogP contribution in [0.3, 0.4) is 0 Å². The molecule has 0 radical (unpaired) electrons. The number of aromatic nitrogens is 1. The Morgan fingerprint density at radius 2 is 1.90 bits per heavy atom. The van der Waals surface area contributed by atoms with Gasteiger partial charge in [0.1, 0.15) is 11.5 Å². The van der Waals surface area contributed by atoms with E-state index in [-0.39, 0.29) is 22.2 Å². The summed E-state index contributed by atoms with van der Waals surface area (Å²) in [6, 6.07) is 14.7. The normalized spacial score (nSPS) is 11.5. The molecule has 4 aromatic rings. The fraction of sp³-hybridized carbons (Fsp3) is 0.0526. The molecule has 148 valence electrons. The Kier molecular flexibility index (Phi) is 5.55. The second-order valence-corrected chi connectivity index (χ2v) is 10.5. The van der Waals surface area contributed by atoms with Crippen molar-refractivity contribution in [2.24, 2.45) is 0 Å². The maximum absolute atomic E-state index is 12.4. The lowest BCUT2D eigenvalue weighted by molar-refractivity contribution is 0.0995. The summed E-state index contributed by atoms with van der Waals surface area (Å²) in [5.41, 5.74) is 0.719. The highest BCUT2D eigenvalue weighted by molar-refractivity contribution is 7.90. The molecule has 3 aromatic heterocycles. The molecule has 29 heavy (non-hydrogen) atoms. The van der Waals surface area contributed by atoms with Gasteiger partial charge in [0.2, 0.25) is 0 Å². The Bertz CT molecular complexity index is 1260. The van der Waals surface area contributed by atoms with Crippen molar-refractivity contribution in [3.8, 4) is 10.6 Å². The fourth-order valence-corrected chi connectivity index (χ4v) is 5.58. The van der Waals surface area contributed by atoms with Crippen molar-refractivity contribution in [1.29, 1.82) is 0 Å². The van der Waals surface area contributed by atoms with E-state index in [9.17, 15) is 13.2 Å². The number of halogens is 1. The third-order valence-corrected chi connectivity index (χ3v) is 7.54. The summed E-state index contributed by atoms with van der Waals surface area (Å²) in [4.78, 5) is 17.9. The van der Waals surface area contributed by atoms with Gasteiger partial charge in [-0.3, -0.25) is 10.1 Å². The van der Waals surface area contributed by atoms with E-state index in [1.807, 2.05) is 11.4 Å². The Morgan fingerprint density at radius 3 is 2.62 bits per heavy atom. The molecule has 0 bridgehead atoms. The van der Waals surface area contributed by atoms with E-state index in [1.165, 1.54) is 46.9 Å². The number of carbonyl (C=O) groups is 1. The van der Waals surface area contributed by atoms with Gasteiger partial charge in [0.05, 0.1) is 19.8 Å². The van der Waals surface area contributed by atoms with Crippen LogP contribution in [0.4, 0.5) is 5.13 Å². The highest BCUT2D eigenvalue weighted by Gasteiger charge is 2.20. The van der Waals surface area contributed by atoms with E-state index >= 15 is 0 Å². The van der Waals surface area contributed by atoms with Crippen molar-refractivity contribution in [1.82, 2.24) is 4.98 Å². The van der Waals surface area contributed by atoms with Gasteiger partial charge in [0.15, 0.2) is 20.7 Å². The number of rotatable bonds is 6. The lowest BCUT2D eigenvalue weighted by Gasteiger charge is -2.02. The number of sulfone groups is 1. The largest absolute Gasteiger partial charge is 0.455 e. The van der Waals surface area contributed by atoms with Gasteiger partial charge in [0.25, 0.3) is 5.91 Å². The number of amides is 1. The van der Waals surface area contributed by atoms with E-state index in [0.717, 1.165) is 10.6 Å². The zero-order valence-electron chi connectivity index (χ0n) is 14.7. The summed E-state index contributed by atoms with van der Waals surface area (Å²) in [5, 5.41) is 4.88. The van der Waals surface area contributed by atoms with Crippen molar-refractivity contribution in [3.05, 3.63) is 75.8 Å². The van der Waals surface area contributed by atoms with Crippen molar-refractivity contribution in [2.45, 2.75) is 10.6 Å². The molecule has 10 heteroatoms. The Balaban J connectivity index is 1.44. The average Bonchev–Trinajstić information content (AvgIpc) is 3.43. The molecule has 0 unspecified atom stereocenters. The predicted molar refractivity (Wildman–Crippen MR) is 114 cm³/mol. The summed E-state index contributed by atoms with van der Waals surface area (Å²) in [7, 11) is -3.56. The zero-order chi connectivity index (χ0) is 20.4. The molecule has 0 saturated carbocycles. The molecule has 1 N–H and O–H groups in total. The smallest absolute Gasteiger partial charge is 0.293 e. The molecule has 3 heterocycles. The van der Waals surface area contributed by atoms with Crippen LogP contribution in [0.1, 0.15) is 16.3 Å². The van der Waals surface area contributed by atoms with Crippen LogP contribution in [0.15, 0.2) is 69.3 Å². The minimum absolute atomic E-state index is 0.0131. The molecule has 0 spiro atoms. The molecule has 0 aliphatic rings. The number of nitrogens with one attached hydrogen (secondary N) is 1. The first-order valence-corrected chi connectivity index (χ1v) is 12.0. The number of anilines is 1. The number of thiophene rings is 1. The molecule has 4 rings (SSSR count). The summed E-state index contributed by atoms with van der Waals surface area (Å²) < 4.78 is 31.0. The van der Waals surface area contributed by atoms with Crippen LogP contribution < -0.4 is 5.32 Å². The molecule has 6 nitrogen and oxygen atoms in total. The average molecular weight is 465 g/mol. The molecule has 1 aromatic carbocycles. The molecule has 0 saturated heterocycles. The number of furan rings is 1. The van der Waals surface area contributed by atoms with Crippen LogP contribution in [-0.2, 0) is 15.6 Å². The second-order valence-electron chi connectivity index (χ2n) is 5.93. The Morgan fingerprint density at radius 1 is 1.10 bits per heavy atom. The van der Waals surface area contributed by atoms with E-state index in [2.05, 4.69) is 10.3 Å². The highest BCUT2D eigenvalue weighted by atomic mass is 35.5.